The lowest BCUT2D eigenvalue weighted by molar-refractivity contribution is 0.392. The SMILES string of the molecule is CC.CC.CC.CC.Cc1ccccc1.Cc1ccccn1.Cc1nc(C)c(C)s1.Cc1nc(C)c(C)s1.Cc1nc(C)c(C)s1.Cc1noc(C)c1C.Cc1noc(C)c1C.Cc1noc(C)c1C. The van der Waals surface area contributed by atoms with E-state index in [1.165, 1.54) is 52.3 Å². The summed E-state index contributed by atoms with van der Waals surface area (Å²) in [4.78, 5) is 20.7. The van der Waals surface area contributed by atoms with Crippen LogP contribution in [0.4, 0.5) is 0 Å². The van der Waals surface area contributed by atoms with Crippen LogP contribution in [0.25, 0.3) is 0 Å². The molecule has 10 nitrogen and oxygen atoms in total. The van der Waals surface area contributed by atoms with Gasteiger partial charge in [0.1, 0.15) is 17.3 Å². The summed E-state index contributed by atoms with van der Waals surface area (Å²) in [5, 5.41) is 14.7. The van der Waals surface area contributed by atoms with Crippen molar-refractivity contribution < 1.29 is 13.6 Å². The molecule has 0 aliphatic heterocycles. The highest BCUT2D eigenvalue weighted by Gasteiger charge is 2.02. The zero-order valence-electron chi connectivity index (χ0n) is 48.8. The van der Waals surface area contributed by atoms with Crippen molar-refractivity contribution in [1.82, 2.24) is 35.4 Å². The molecule has 392 valence electrons. The third-order valence-corrected chi connectivity index (χ3v) is 12.3. The Morgan fingerprint density at radius 1 is 0.329 bits per heavy atom. The lowest BCUT2D eigenvalue weighted by Crippen LogP contribution is -1.73. The summed E-state index contributed by atoms with van der Waals surface area (Å²) >= 11 is 5.27. The van der Waals surface area contributed by atoms with Crippen LogP contribution in [-0.4, -0.2) is 35.4 Å². The maximum absolute atomic E-state index is 4.84. The lowest BCUT2D eigenvalue weighted by Gasteiger charge is -1.82. The monoisotopic (exact) mass is 1020 g/mol. The van der Waals surface area contributed by atoms with Crippen molar-refractivity contribution in [3.63, 3.8) is 0 Å². The van der Waals surface area contributed by atoms with Gasteiger partial charge in [-0.05, 0) is 151 Å². The zero-order chi connectivity index (χ0) is 55.1. The van der Waals surface area contributed by atoms with Crippen molar-refractivity contribution in [2.75, 3.05) is 0 Å². The van der Waals surface area contributed by atoms with E-state index in [2.05, 4.69) is 75.2 Å². The smallest absolute Gasteiger partial charge is 0.136 e. The number of rotatable bonds is 0. The number of benzene rings is 1. The van der Waals surface area contributed by atoms with Gasteiger partial charge in [-0.1, -0.05) is 113 Å². The molecule has 0 saturated heterocycles. The number of aryl methyl sites for hydroxylation is 17. The quantitative estimate of drug-likeness (QED) is 0.145. The van der Waals surface area contributed by atoms with Crippen molar-refractivity contribution in [1.29, 1.82) is 0 Å². The van der Waals surface area contributed by atoms with Crippen LogP contribution < -0.4 is 0 Å². The standard InChI is InChI=1S/C7H8.3C6H9NO.3C6H9NS.C6H7N.4C2H6/c1-7-5-3-2-4-6-7;3*1-4-5(2)7-8-6(4)3;3*1-4-5(2)8-6(3)7-4;1-6-4-2-3-5-7-6;4*1-2/h2-6H,1H3;6*1-3H3;2-5H,1H3;4*1-2H3. The second kappa shape index (κ2) is 42.7. The zero-order valence-corrected chi connectivity index (χ0v) is 51.2. The first-order valence-corrected chi connectivity index (χ1v) is 26.8. The van der Waals surface area contributed by atoms with Crippen LogP contribution in [0, 0.1) is 138 Å². The first-order chi connectivity index (χ1) is 33.0. The molecule has 0 fully saturated rings. The Labute approximate surface area is 438 Å². The van der Waals surface area contributed by atoms with E-state index in [1.54, 1.807) is 40.2 Å². The summed E-state index contributed by atoms with van der Waals surface area (Å²) in [5.41, 5.74) is 12.4. The van der Waals surface area contributed by atoms with Crippen molar-refractivity contribution in [2.45, 2.75) is 194 Å². The summed E-state index contributed by atoms with van der Waals surface area (Å²) in [6.07, 6.45) is 1.79. The third kappa shape index (κ3) is 32.7. The Morgan fingerprint density at radius 3 is 0.686 bits per heavy atom. The summed E-state index contributed by atoms with van der Waals surface area (Å²) in [6.45, 7) is 56.1. The van der Waals surface area contributed by atoms with Gasteiger partial charge in [-0.25, -0.2) is 15.0 Å². The molecule has 0 amide bonds. The molecule has 0 spiro atoms. The third-order valence-electron chi connectivity index (χ3n) is 9.33. The molecule has 8 aromatic rings. The Morgan fingerprint density at radius 2 is 0.600 bits per heavy atom. The molecular formula is C57H93N7O3S3. The van der Waals surface area contributed by atoms with Gasteiger partial charge < -0.3 is 13.6 Å². The molecule has 0 N–H and O–H groups in total. The first-order valence-electron chi connectivity index (χ1n) is 24.3. The molecule has 8 rings (SSSR count). The van der Waals surface area contributed by atoms with Crippen LogP contribution in [0.2, 0.25) is 0 Å². The van der Waals surface area contributed by atoms with E-state index in [-0.39, 0.29) is 0 Å². The Hall–Kier alpha value is -5.11. The highest BCUT2D eigenvalue weighted by atomic mass is 32.1. The van der Waals surface area contributed by atoms with E-state index in [9.17, 15) is 0 Å². The predicted octanol–water partition coefficient (Wildman–Crippen LogP) is 18.5. The highest BCUT2D eigenvalue weighted by Crippen LogP contribution is 2.16. The molecule has 0 unspecified atom stereocenters. The summed E-state index contributed by atoms with van der Waals surface area (Å²) in [5.74, 6) is 2.76. The van der Waals surface area contributed by atoms with Gasteiger partial charge in [-0.3, -0.25) is 4.98 Å². The van der Waals surface area contributed by atoms with Crippen LogP contribution in [0.1, 0.15) is 164 Å². The Kier molecular flexibility index (Phi) is 43.6. The topological polar surface area (TPSA) is 130 Å². The van der Waals surface area contributed by atoms with E-state index in [0.717, 1.165) is 56.7 Å². The fraction of sp³-hybridized carbons (Fsp3) is 0.491. The van der Waals surface area contributed by atoms with Gasteiger partial charge in [-0.15, -0.1) is 34.0 Å². The molecule has 13 heteroatoms. The fourth-order valence-corrected chi connectivity index (χ4v) is 6.92. The van der Waals surface area contributed by atoms with Gasteiger partial charge in [0.2, 0.25) is 0 Å². The van der Waals surface area contributed by atoms with Gasteiger partial charge >= 0.3 is 0 Å². The largest absolute Gasteiger partial charge is 0.361 e. The summed E-state index contributed by atoms with van der Waals surface area (Å²) in [7, 11) is 0. The van der Waals surface area contributed by atoms with Crippen molar-refractivity contribution in [2.24, 2.45) is 0 Å². The van der Waals surface area contributed by atoms with Gasteiger partial charge in [0.05, 0.1) is 49.2 Å². The van der Waals surface area contributed by atoms with E-state index in [4.69, 9.17) is 13.6 Å². The van der Waals surface area contributed by atoms with Gasteiger partial charge in [0.15, 0.2) is 0 Å². The fourth-order valence-electron chi connectivity index (χ4n) is 4.47. The van der Waals surface area contributed by atoms with Crippen LogP contribution in [-0.2, 0) is 0 Å². The van der Waals surface area contributed by atoms with E-state index in [1.807, 2.05) is 203 Å². The number of aromatic nitrogens is 7. The predicted molar refractivity (Wildman–Crippen MR) is 307 cm³/mol. The van der Waals surface area contributed by atoms with Gasteiger partial charge in [0, 0.05) is 43.2 Å². The molecule has 0 aliphatic rings. The molecule has 0 aliphatic carbocycles. The Balaban J connectivity index is -0.000000348. The second-order valence-corrected chi connectivity index (χ2v) is 18.8. The normalized spacial score (nSPS) is 8.86. The summed E-state index contributed by atoms with van der Waals surface area (Å²) < 4.78 is 14.5. The van der Waals surface area contributed by atoms with Crippen molar-refractivity contribution in [3.05, 3.63) is 164 Å². The molecule has 70 heavy (non-hydrogen) atoms. The van der Waals surface area contributed by atoms with Crippen LogP contribution in [0.5, 0.6) is 0 Å². The number of nitrogens with zero attached hydrogens (tertiary/aromatic N) is 7. The van der Waals surface area contributed by atoms with Gasteiger partial charge in [0.25, 0.3) is 0 Å². The summed E-state index contributed by atoms with van der Waals surface area (Å²) in [6, 6.07) is 16.1. The molecule has 0 bridgehead atoms. The number of hydrogen-bond donors (Lipinski definition) is 0. The minimum Gasteiger partial charge on any atom is -0.361 e. The Bertz CT molecular complexity index is 2070. The second-order valence-electron chi connectivity index (χ2n) is 14.6. The maximum Gasteiger partial charge on any atom is 0.136 e. The minimum absolute atomic E-state index is 0.919. The molecular weight excluding hydrogens is 927 g/mol. The van der Waals surface area contributed by atoms with Crippen LogP contribution in [0.3, 0.4) is 0 Å². The minimum atomic E-state index is 0.919. The first kappa shape index (κ1) is 71.4. The highest BCUT2D eigenvalue weighted by molar-refractivity contribution is 7.12. The molecule has 1 aromatic carbocycles. The molecule has 0 atom stereocenters. The molecule has 0 saturated carbocycles. The average Bonchev–Trinajstić information content (AvgIpc) is 4.16. The average molecular weight is 1020 g/mol. The van der Waals surface area contributed by atoms with Crippen LogP contribution in [0.15, 0.2) is 68.3 Å². The van der Waals surface area contributed by atoms with Crippen LogP contribution >= 0.6 is 34.0 Å². The van der Waals surface area contributed by atoms with E-state index < -0.39 is 0 Å². The van der Waals surface area contributed by atoms with Crippen molar-refractivity contribution >= 4 is 34.0 Å². The maximum atomic E-state index is 4.84. The lowest BCUT2D eigenvalue weighted by atomic mass is 10.2. The number of hydrogen-bond acceptors (Lipinski definition) is 13. The molecule has 7 aromatic heterocycles. The van der Waals surface area contributed by atoms with Gasteiger partial charge in [-0.2, -0.15) is 0 Å². The number of thiazole rings is 3. The molecule has 7 heterocycles. The molecule has 0 radical (unpaired) electrons. The van der Waals surface area contributed by atoms with E-state index in [0.29, 0.717) is 0 Å². The number of pyridine rings is 1. The van der Waals surface area contributed by atoms with Crippen molar-refractivity contribution in [3.8, 4) is 0 Å². The van der Waals surface area contributed by atoms with E-state index >= 15 is 0 Å².